The minimum Gasteiger partial charge on any atom is -0.464 e. The maximum Gasteiger partial charge on any atom is 0.246 e. The second-order valence-electron chi connectivity index (χ2n) is 5.91. The van der Waals surface area contributed by atoms with E-state index in [-0.39, 0.29) is 17.0 Å². The number of sulfonamides is 1. The number of rotatable bonds is 3. The minimum atomic E-state index is -3.52. The first-order valence-corrected chi connectivity index (χ1v) is 8.13. The Kier molecular flexibility index (Phi) is 3.98. The number of hydrogen-bond donors (Lipinski definition) is 1. The van der Waals surface area contributed by atoms with E-state index in [0.717, 1.165) is 0 Å². The lowest BCUT2D eigenvalue weighted by Crippen LogP contribution is -2.58. The van der Waals surface area contributed by atoms with E-state index >= 15 is 0 Å². The number of nitrogens with zero attached hydrogens (tertiary/aromatic N) is 2. The lowest BCUT2D eigenvalue weighted by Gasteiger charge is -2.44. The maximum absolute atomic E-state index is 12.7. The first-order valence-electron chi connectivity index (χ1n) is 6.69. The lowest BCUT2D eigenvalue weighted by molar-refractivity contribution is 0.0801. The molecule has 0 saturated carbocycles. The monoisotopic (exact) mass is 301 g/mol. The van der Waals surface area contributed by atoms with Gasteiger partial charge >= 0.3 is 0 Å². The van der Waals surface area contributed by atoms with Crippen molar-refractivity contribution < 1.29 is 12.8 Å². The summed E-state index contributed by atoms with van der Waals surface area (Å²) in [4.78, 5) is 2.41. The van der Waals surface area contributed by atoms with E-state index in [0.29, 0.717) is 31.2 Å². The van der Waals surface area contributed by atoms with Gasteiger partial charge in [0.05, 0.1) is 6.54 Å². The van der Waals surface area contributed by atoms with Crippen LogP contribution in [-0.2, 0) is 16.6 Å². The molecule has 0 bridgehead atoms. The molecular weight excluding hydrogens is 278 g/mol. The van der Waals surface area contributed by atoms with Gasteiger partial charge in [-0.2, -0.15) is 4.31 Å². The van der Waals surface area contributed by atoms with E-state index in [4.69, 9.17) is 10.2 Å². The van der Waals surface area contributed by atoms with E-state index < -0.39 is 10.0 Å². The van der Waals surface area contributed by atoms with Gasteiger partial charge in [-0.05, 0) is 27.8 Å². The third-order valence-electron chi connectivity index (χ3n) is 4.02. The molecule has 2 N–H and O–H groups in total. The molecule has 0 radical (unpaired) electrons. The van der Waals surface area contributed by atoms with Crippen LogP contribution in [0.25, 0.3) is 0 Å². The van der Waals surface area contributed by atoms with Crippen LogP contribution in [0.15, 0.2) is 15.4 Å². The standard InChI is InChI=1S/C13H23N3O3S/c1-10-12(7-11(8-14)19-10)20(17,18)16-6-5-15(4)13(2,3)9-16/h7H,5-6,8-9,14H2,1-4H3. The Labute approximate surface area is 120 Å². The normalized spacial score (nSPS) is 21.2. The molecule has 0 aliphatic carbocycles. The van der Waals surface area contributed by atoms with Gasteiger partial charge in [-0.25, -0.2) is 8.42 Å². The summed E-state index contributed by atoms with van der Waals surface area (Å²) >= 11 is 0. The summed E-state index contributed by atoms with van der Waals surface area (Å²) in [6.45, 7) is 7.62. The van der Waals surface area contributed by atoms with Gasteiger partial charge < -0.3 is 10.2 Å². The molecule has 0 spiro atoms. The van der Waals surface area contributed by atoms with Crippen molar-refractivity contribution in [1.29, 1.82) is 0 Å². The van der Waals surface area contributed by atoms with Gasteiger partial charge in [0.25, 0.3) is 0 Å². The Bertz CT molecular complexity index is 592. The molecule has 20 heavy (non-hydrogen) atoms. The SMILES string of the molecule is Cc1oc(CN)cc1S(=O)(=O)N1CCN(C)C(C)(C)C1. The summed E-state index contributed by atoms with van der Waals surface area (Å²) in [5, 5.41) is 0. The number of nitrogens with two attached hydrogens (primary N) is 1. The highest BCUT2D eigenvalue weighted by atomic mass is 32.2. The van der Waals surface area contributed by atoms with E-state index in [1.54, 1.807) is 6.92 Å². The van der Waals surface area contributed by atoms with Crippen molar-refractivity contribution >= 4 is 10.0 Å². The van der Waals surface area contributed by atoms with Gasteiger partial charge in [0.2, 0.25) is 10.0 Å². The van der Waals surface area contributed by atoms with Crippen LogP contribution >= 0.6 is 0 Å². The van der Waals surface area contributed by atoms with Crippen LogP contribution in [-0.4, -0.2) is 49.8 Å². The van der Waals surface area contributed by atoms with Crippen molar-refractivity contribution in [3.63, 3.8) is 0 Å². The van der Waals surface area contributed by atoms with Crippen molar-refractivity contribution in [3.8, 4) is 0 Å². The van der Waals surface area contributed by atoms with Gasteiger partial charge in [-0.3, -0.25) is 4.90 Å². The van der Waals surface area contributed by atoms with E-state index in [1.807, 2.05) is 20.9 Å². The predicted molar refractivity (Wildman–Crippen MR) is 76.8 cm³/mol. The highest BCUT2D eigenvalue weighted by Crippen LogP contribution is 2.28. The smallest absolute Gasteiger partial charge is 0.246 e. The fourth-order valence-corrected chi connectivity index (χ4v) is 4.19. The van der Waals surface area contributed by atoms with Crippen LogP contribution in [0, 0.1) is 6.92 Å². The molecule has 1 aliphatic rings. The first kappa shape index (κ1) is 15.5. The van der Waals surface area contributed by atoms with Crippen LogP contribution in [0.3, 0.4) is 0 Å². The third-order valence-corrected chi connectivity index (χ3v) is 5.98. The number of furan rings is 1. The van der Waals surface area contributed by atoms with E-state index in [2.05, 4.69) is 4.90 Å². The summed E-state index contributed by atoms with van der Waals surface area (Å²) < 4.78 is 32.4. The highest BCUT2D eigenvalue weighted by molar-refractivity contribution is 7.89. The lowest BCUT2D eigenvalue weighted by atomic mass is 10.0. The van der Waals surface area contributed by atoms with Crippen LogP contribution in [0.5, 0.6) is 0 Å². The molecular formula is C13H23N3O3S. The highest BCUT2D eigenvalue weighted by Gasteiger charge is 2.38. The Morgan fingerprint density at radius 1 is 1.40 bits per heavy atom. The van der Waals surface area contributed by atoms with Gasteiger partial charge in [-0.15, -0.1) is 0 Å². The average Bonchev–Trinajstić information content (AvgIpc) is 2.74. The van der Waals surface area contributed by atoms with Crippen LogP contribution in [0.1, 0.15) is 25.4 Å². The number of aryl methyl sites for hydroxylation is 1. The second kappa shape index (κ2) is 5.14. The number of hydrogen-bond acceptors (Lipinski definition) is 5. The molecule has 0 unspecified atom stereocenters. The number of piperazine rings is 1. The molecule has 6 nitrogen and oxygen atoms in total. The van der Waals surface area contributed by atoms with Crippen LogP contribution in [0.4, 0.5) is 0 Å². The van der Waals surface area contributed by atoms with Gasteiger partial charge in [0.15, 0.2) is 0 Å². The molecule has 0 amide bonds. The van der Waals surface area contributed by atoms with Crippen molar-refractivity contribution in [1.82, 2.24) is 9.21 Å². The quantitative estimate of drug-likeness (QED) is 0.891. The molecule has 1 aliphatic heterocycles. The van der Waals surface area contributed by atoms with Crippen LogP contribution in [0.2, 0.25) is 0 Å². The molecule has 1 saturated heterocycles. The second-order valence-corrected chi connectivity index (χ2v) is 7.82. The topological polar surface area (TPSA) is 79.8 Å². The fraction of sp³-hybridized carbons (Fsp3) is 0.692. The summed E-state index contributed by atoms with van der Waals surface area (Å²) in [6.07, 6.45) is 0. The summed E-state index contributed by atoms with van der Waals surface area (Å²) in [7, 11) is -1.51. The number of likely N-dealkylation sites (N-methyl/N-ethyl adjacent to an activating group) is 1. The van der Waals surface area contributed by atoms with Crippen molar-refractivity contribution in [2.24, 2.45) is 5.73 Å². The minimum absolute atomic E-state index is 0.181. The Hall–Kier alpha value is -0.890. The largest absolute Gasteiger partial charge is 0.464 e. The Morgan fingerprint density at radius 2 is 2.05 bits per heavy atom. The zero-order valence-corrected chi connectivity index (χ0v) is 13.3. The molecule has 2 heterocycles. The van der Waals surface area contributed by atoms with Crippen LogP contribution < -0.4 is 5.73 Å². The molecule has 7 heteroatoms. The molecule has 1 aromatic heterocycles. The Balaban J connectivity index is 2.33. The summed E-state index contributed by atoms with van der Waals surface area (Å²) in [5.74, 6) is 0.900. The molecule has 2 rings (SSSR count). The summed E-state index contributed by atoms with van der Waals surface area (Å²) in [6, 6.07) is 1.54. The molecule has 1 aromatic rings. The Morgan fingerprint density at radius 3 is 2.55 bits per heavy atom. The van der Waals surface area contributed by atoms with Crippen molar-refractivity contribution in [3.05, 3.63) is 17.6 Å². The van der Waals surface area contributed by atoms with E-state index in [9.17, 15) is 8.42 Å². The van der Waals surface area contributed by atoms with Gasteiger partial charge in [-0.1, -0.05) is 0 Å². The van der Waals surface area contributed by atoms with Gasteiger partial charge in [0.1, 0.15) is 16.4 Å². The maximum atomic E-state index is 12.7. The van der Waals surface area contributed by atoms with Crippen molar-refractivity contribution in [2.75, 3.05) is 26.7 Å². The molecule has 0 atom stereocenters. The zero-order valence-electron chi connectivity index (χ0n) is 12.5. The molecule has 1 fully saturated rings. The first-order chi connectivity index (χ1) is 9.18. The average molecular weight is 301 g/mol. The molecule has 0 aromatic carbocycles. The van der Waals surface area contributed by atoms with Gasteiger partial charge in [0, 0.05) is 31.2 Å². The fourth-order valence-electron chi connectivity index (χ4n) is 2.42. The third kappa shape index (κ3) is 2.63. The van der Waals surface area contributed by atoms with E-state index in [1.165, 1.54) is 10.4 Å². The predicted octanol–water partition coefficient (Wildman–Crippen LogP) is 0.761. The zero-order chi connectivity index (χ0) is 15.1. The van der Waals surface area contributed by atoms with Crippen molar-refractivity contribution in [2.45, 2.75) is 37.8 Å². The molecule has 114 valence electrons. The summed E-state index contributed by atoms with van der Waals surface area (Å²) in [5.41, 5.74) is 5.33.